The molecule has 2 aromatic rings. The summed E-state index contributed by atoms with van der Waals surface area (Å²) in [7, 11) is -4.07. The van der Waals surface area contributed by atoms with Gasteiger partial charge in [0.2, 0.25) is 10.0 Å². The van der Waals surface area contributed by atoms with Crippen LogP contribution in [0.4, 0.5) is 0 Å². The number of ether oxygens (including phenoxy) is 1. The Morgan fingerprint density at radius 1 is 1.10 bits per heavy atom. The first-order chi connectivity index (χ1) is 13.9. The summed E-state index contributed by atoms with van der Waals surface area (Å²) in [6.45, 7) is 1.48. The van der Waals surface area contributed by atoms with Crippen molar-refractivity contribution in [2.45, 2.75) is 18.4 Å². The molecule has 0 spiro atoms. The maximum atomic E-state index is 12.3. The Bertz CT molecular complexity index is 1000. The van der Waals surface area contributed by atoms with Crippen LogP contribution in [0.15, 0.2) is 59.5 Å². The number of amides is 1. The summed E-state index contributed by atoms with van der Waals surface area (Å²) >= 11 is 0. The molecule has 2 rings (SSSR count). The van der Waals surface area contributed by atoms with Gasteiger partial charge in [0.15, 0.2) is 6.61 Å². The minimum absolute atomic E-state index is 0.0388. The number of sulfonamides is 1. The molecule has 0 radical (unpaired) electrons. The number of nitrogens with zero attached hydrogens (tertiary/aromatic N) is 2. The van der Waals surface area contributed by atoms with Gasteiger partial charge >= 0.3 is 5.97 Å². The number of likely N-dealkylation sites (N-methyl/N-ethyl adjacent to an activating group) is 1. The van der Waals surface area contributed by atoms with Crippen LogP contribution >= 0.6 is 0 Å². The Hall–Kier alpha value is -3.22. The molecule has 0 saturated carbocycles. The largest absolute Gasteiger partial charge is 0.455 e. The monoisotopic (exact) mass is 415 g/mol. The van der Waals surface area contributed by atoms with Gasteiger partial charge in [0.1, 0.15) is 12.6 Å². The molecule has 0 aliphatic rings. The number of hydrogen-bond donors (Lipinski definition) is 1. The average Bonchev–Trinajstić information content (AvgIpc) is 2.75. The third kappa shape index (κ3) is 6.41. The lowest BCUT2D eigenvalue weighted by atomic mass is 10.2. The van der Waals surface area contributed by atoms with Gasteiger partial charge < -0.3 is 9.64 Å². The van der Waals surface area contributed by atoms with Crippen LogP contribution in [0.5, 0.6) is 0 Å². The predicted molar refractivity (Wildman–Crippen MR) is 105 cm³/mol. The standard InChI is InChI=1S/C20H21N3O5S/c1-2-23(14-16-8-4-3-5-9-16)19(24)15-28-20(25)13-22-29(26,27)18-11-7-6-10-17(18)12-21/h3-11,22H,2,13-15H2,1H3. The van der Waals surface area contributed by atoms with Crippen molar-refractivity contribution in [3.63, 3.8) is 0 Å². The van der Waals surface area contributed by atoms with Crippen LogP contribution in [-0.4, -0.2) is 44.9 Å². The fourth-order valence-corrected chi connectivity index (χ4v) is 3.61. The van der Waals surface area contributed by atoms with Gasteiger partial charge in [0.25, 0.3) is 5.91 Å². The highest BCUT2D eigenvalue weighted by molar-refractivity contribution is 7.89. The smallest absolute Gasteiger partial charge is 0.321 e. The molecule has 0 saturated heterocycles. The number of rotatable bonds is 9. The van der Waals surface area contributed by atoms with Crippen LogP contribution in [0.3, 0.4) is 0 Å². The van der Waals surface area contributed by atoms with E-state index in [0.29, 0.717) is 13.1 Å². The fraction of sp³-hybridized carbons (Fsp3) is 0.250. The number of nitriles is 1. The van der Waals surface area contributed by atoms with Gasteiger partial charge in [0, 0.05) is 13.1 Å². The highest BCUT2D eigenvalue weighted by Crippen LogP contribution is 2.13. The highest BCUT2D eigenvalue weighted by atomic mass is 32.2. The second kappa shape index (κ2) is 10.4. The van der Waals surface area contributed by atoms with E-state index < -0.39 is 29.1 Å². The number of esters is 1. The highest BCUT2D eigenvalue weighted by Gasteiger charge is 2.20. The summed E-state index contributed by atoms with van der Waals surface area (Å²) < 4.78 is 31.5. The first kappa shape index (κ1) is 22.1. The first-order valence-electron chi connectivity index (χ1n) is 8.83. The molecule has 1 amide bonds. The van der Waals surface area contributed by atoms with Crippen molar-refractivity contribution in [2.75, 3.05) is 19.7 Å². The molecule has 0 unspecified atom stereocenters. The molecule has 1 N–H and O–H groups in total. The van der Waals surface area contributed by atoms with Crippen LogP contribution in [0, 0.1) is 11.3 Å². The van der Waals surface area contributed by atoms with Gasteiger partial charge in [0.05, 0.1) is 10.5 Å². The molecule has 8 nitrogen and oxygen atoms in total. The fourth-order valence-electron chi connectivity index (χ4n) is 2.49. The van der Waals surface area contributed by atoms with E-state index in [1.165, 1.54) is 29.2 Å². The van der Waals surface area contributed by atoms with Crippen molar-refractivity contribution in [1.29, 1.82) is 5.26 Å². The van der Waals surface area contributed by atoms with E-state index >= 15 is 0 Å². The van der Waals surface area contributed by atoms with E-state index in [0.717, 1.165) is 5.56 Å². The predicted octanol–water partition coefficient (Wildman–Crippen LogP) is 1.43. The molecule has 0 aliphatic heterocycles. The minimum Gasteiger partial charge on any atom is -0.455 e. The molecule has 0 fully saturated rings. The summed E-state index contributed by atoms with van der Waals surface area (Å²) in [6.07, 6.45) is 0. The number of hydrogen-bond acceptors (Lipinski definition) is 6. The van der Waals surface area contributed by atoms with Crippen molar-refractivity contribution < 1.29 is 22.7 Å². The van der Waals surface area contributed by atoms with Crippen LogP contribution < -0.4 is 4.72 Å². The average molecular weight is 415 g/mol. The number of nitrogens with one attached hydrogen (secondary N) is 1. The number of benzene rings is 2. The third-order valence-corrected chi connectivity index (χ3v) is 5.47. The Kier molecular flexibility index (Phi) is 7.88. The summed E-state index contributed by atoms with van der Waals surface area (Å²) in [4.78, 5) is 25.4. The van der Waals surface area contributed by atoms with Gasteiger partial charge in [-0.1, -0.05) is 42.5 Å². The molecule has 2 aromatic carbocycles. The van der Waals surface area contributed by atoms with Gasteiger partial charge in [-0.3, -0.25) is 9.59 Å². The van der Waals surface area contributed by atoms with Crippen molar-refractivity contribution in [3.8, 4) is 6.07 Å². The number of carbonyl (C=O) groups is 2. The molecule has 0 aromatic heterocycles. The maximum absolute atomic E-state index is 12.3. The second-order valence-corrected chi connectivity index (χ2v) is 7.72. The Morgan fingerprint density at radius 3 is 2.41 bits per heavy atom. The van der Waals surface area contributed by atoms with Gasteiger partial charge in [-0.15, -0.1) is 0 Å². The van der Waals surface area contributed by atoms with E-state index in [9.17, 15) is 18.0 Å². The van der Waals surface area contributed by atoms with Crippen molar-refractivity contribution in [3.05, 3.63) is 65.7 Å². The normalized spacial score (nSPS) is 10.8. The third-order valence-electron chi connectivity index (χ3n) is 4.01. The van der Waals surface area contributed by atoms with Crippen LogP contribution in [-0.2, 0) is 30.9 Å². The molecular weight excluding hydrogens is 394 g/mol. The lowest BCUT2D eigenvalue weighted by molar-refractivity contribution is -0.151. The summed E-state index contributed by atoms with van der Waals surface area (Å²) in [5, 5.41) is 9.01. The van der Waals surface area contributed by atoms with E-state index in [4.69, 9.17) is 10.00 Å². The van der Waals surface area contributed by atoms with Gasteiger partial charge in [-0.2, -0.15) is 9.98 Å². The zero-order chi connectivity index (χ0) is 21.3. The van der Waals surface area contributed by atoms with E-state index in [1.54, 1.807) is 6.07 Å². The lowest BCUT2D eigenvalue weighted by Crippen LogP contribution is -2.36. The topological polar surface area (TPSA) is 117 Å². The molecule has 0 atom stereocenters. The Labute approximate surface area is 169 Å². The molecule has 9 heteroatoms. The SMILES string of the molecule is CCN(Cc1ccccc1)C(=O)COC(=O)CNS(=O)(=O)c1ccccc1C#N. The first-order valence-corrected chi connectivity index (χ1v) is 10.3. The van der Waals surface area contributed by atoms with Crippen LogP contribution in [0.1, 0.15) is 18.1 Å². The Balaban J connectivity index is 1.87. The molecule has 0 bridgehead atoms. The molecular formula is C20H21N3O5S. The molecule has 0 heterocycles. The zero-order valence-electron chi connectivity index (χ0n) is 15.9. The van der Waals surface area contributed by atoms with E-state index in [-0.39, 0.29) is 16.4 Å². The number of carbonyl (C=O) groups excluding carboxylic acids is 2. The Morgan fingerprint density at radius 2 is 1.76 bits per heavy atom. The van der Waals surface area contributed by atoms with E-state index in [2.05, 4.69) is 4.72 Å². The van der Waals surface area contributed by atoms with Crippen LogP contribution in [0.25, 0.3) is 0 Å². The van der Waals surface area contributed by atoms with Crippen molar-refractivity contribution in [1.82, 2.24) is 9.62 Å². The molecule has 0 aliphatic carbocycles. The molecule has 152 valence electrons. The lowest BCUT2D eigenvalue weighted by Gasteiger charge is -2.20. The van der Waals surface area contributed by atoms with Crippen molar-refractivity contribution in [2.24, 2.45) is 0 Å². The molecule has 29 heavy (non-hydrogen) atoms. The van der Waals surface area contributed by atoms with Crippen molar-refractivity contribution >= 4 is 21.9 Å². The van der Waals surface area contributed by atoms with Crippen LogP contribution in [0.2, 0.25) is 0 Å². The maximum Gasteiger partial charge on any atom is 0.321 e. The summed E-state index contributed by atoms with van der Waals surface area (Å²) in [5.41, 5.74) is 0.904. The second-order valence-electron chi connectivity index (χ2n) is 5.99. The van der Waals surface area contributed by atoms with Gasteiger partial charge in [-0.25, -0.2) is 8.42 Å². The zero-order valence-corrected chi connectivity index (χ0v) is 16.7. The summed E-state index contributed by atoms with van der Waals surface area (Å²) in [5.74, 6) is -1.28. The minimum atomic E-state index is -4.07. The van der Waals surface area contributed by atoms with Gasteiger partial charge in [-0.05, 0) is 24.6 Å². The summed E-state index contributed by atoms with van der Waals surface area (Å²) in [6, 6.07) is 16.8. The quantitative estimate of drug-likeness (QED) is 0.619. The van der Waals surface area contributed by atoms with E-state index in [1.807, 2.05) is 37.3 Å².